The molecule has 0 radical (unpaired) electrons. The summed E-state index contributed by atoms with van der Waals surface area (Å²) in [7, 11) is 0. The van der Waals surface area contributed by atoms with Gasteiger partial charge in [0.1, 0.15) is 5.15 Å². The smallest absolute Gasteiger partial charge is 0.258 e. The number of rotatable bonds is 2. The van der Waals surface area contributed by atoms with E-state index >= 15 is 0 Å². The molecule has 2 heterocycles. The van der Waals surface area contributed by atoms with Crippen LogP contribution in [0.15, 0.2) is 48.8 Å². The second-order valence-electron chi connectivity index (χ2n) is 4.03. The first-order valence-electron chi connectivity index (χ1n) is 5.88. The number of carbonyl (C=O) groups excluding carboxylic acids is 1. The largest absolute Gasteiger partial charge is 0.290 e. The molecule has 20 heavy (non-hydrogen) atoms. The predicted molar refractivity (Wildman–Crippen MR) is 76.7 cm³/mol. The van der Waals surface area contributed by atoms with Gasteiger partial charge >= 0.3 is 0 Å². The summed E-state index contributed by atoms with van der Waals surface area (Å²) in [6.45, 7) is 0. The number of anilines is 1. The van der Waals surface area contributed by atoms with Crippen molar-refractivity contribution in [2.45, 2.75) is 0 Å². The van der Waals surface area contributed by atoms with E-state index in [-0.39, 0.29) is 17.0 Å². The quantitative estimate of drug-likeness (QED) is 0.735. The number of aromatic nitrogens is 3. The van der Waals surface area contributed by atoms with Crippen LogP contribution >= 0.6 is 11.6 Å². The molecular weight excluding hydrogens is 276 g/mol. The Morgan fingerprint density at radius 1 is 1.05 bits per heavy atom. The Morgan fingerprint density at radius 3 is 2.80 bits per heavy atom. The van der Waals surface area contributed by atoms with Gasteiger partial charge in [0.25, 0.3) is 5.91 Å². The number of amides is 1. The van der Waals surface area contributed by atoms with Crippen molar-refractivity contribution in [1.29, 1.82) is 0 Å². The normalized spacial score (nSPS) is 10.4. The molecule has 2 aromatic heterocycles. The minimum atomic E-state index is -0.300. The summed E-state index contributed by atoms with van der Waals surface area (Å²) in [5.74, 6) is -0.130. The molecule has 0 fully saturated rings. The predicted octanol–water partition coefficient (Wildman–Crippen LogP) is 2.93. The molecule has 98 valence electrons. The highest BCUT2D eigenvalue weighted by Crippen LogP contribution is 2.17. The van der Waals surface area contributed by atoms with E-state index in [4.69, 9.17) is 11.6 Å². The first kappa shape index (κ1) is 12.5. The molecule has 1 aromatic carbocycles. The summed E-state index contributed by atoms with van der Waals surface area (Å²) in [6.07, 6.45) is 3.17. The van der Waals surface area contributed by atoms with Crippen molar-refractivity contribution in [2.24, 2.45) is 0 Å². The van der Waals surface area contributed by atoms with Gasteiger partial charge in [-0.2, -0.15) is 0 Å². The van der Waals surface area contributed by atoms with Crippen molar-refractivity contribution in [3.8, 4) is 0 Å². The zero-order chi connectivity index (χ0) is 13.9. The third-order valence-electron chi connectivity index (χ3n) is 2.74. The van der Waals surface area contributed by atoms with Crippen LogP contribution in [0.2, 0.25) is 5.15 Å². The first-order chi connectivity index (χ1) is 9.74. The maximum absolute atomic E-state index is 12.3. The molecule has 3 aromatic rings. The summed E-state index contributed by atoms with van der Waals surface area (Å²) in [6, 6.07) is 10.5. The molecule has 0 saturated heterocycles. The third-order valence-corrected chi connectivity index (χ3v) is 2.95. The topological polar surface area (TPSA) is 67.8 Å². The number of fused-ring (bicyclic) bond motifs is 1. The van der Waals surface area contributed by atoms with Crippen molar-refractivity contribution < 1.29 is 4.79 Å². The highest BCUT2D eigenvalue weighted by atomic mass is 35.5. The summed E-state index contributed by atoms with van der Waals surface area (Å²) in [5, 5.41) is 3.66. The van der Waals surface area contributed by atoms with Crippen LogP contribution in [0.25, 0.3) is 10.9 Å². The molecule has 0 atom stereocenters. The number of halogens is 1. The van der Waals surface area contributed by atoms with Crippen LogP contribution in [0.5, 0.6) is 0 Å². The fourth-order valence-corrected chi connectivity index (χ4v) is 2.00. The van der Waals surface area contributed by atoms with E-state index in [9.17, 15) is 4.79 Å². The number of hydrogen-bond donors (Lipinski definition) is 1. The molecule has 0 aliphatic carbocycles. The fourth-order valence-electron chi connectivity index (χ4n) is 1.87. The van der Waals surface area contributed by atoms with Gasteiger partial charge in [0, 0.05) is 23.3 Å². The highest BCUT2D eigenvalue weighted by molar-refractivity contribution is 6.29. The van der Waals surface area contributed by atoms with Crippen LogP contribution in [0.1, 0.15) is 10.4 Å². The summed E-state index contributed by atoms with van der Waals surface area (Å²) in [5.41, 5.74) is 1.27. The average Bonchev–Trinajstić information content (AvgIpc) is 2.46. The molecule has 0 saturated carbocycles. The molecule has 5 nitrogen and oxygen atoms in total. The van der Waals surface area contributed by atoms with Crippen molar-refractivity contribution in [3.63, 3.8) is 0 Å². The van der Waals surface area contributed by atoms with Crippen LogP contribution in [-0.4, -0.2) is 20.9 Å². The molecular formula is C14H9ClN4O. The molecule has 3 rings (SSSR count). The maximum Gasteiger partial charge on any atom is 0.258 e. The molecule has 6 heteroatoms. The fraction of sp³-hybridized carbons (Fsp3) is 0. The zero-order valence-electron chi connectivity index (χ0n) is 10.2. The van der Waals surface area contributed by atoms with Gasteiger partial charge < -0.3 is 0 Å². The number of pyridine rings is 1. The van der Waals surface area contributed by atoms with Gasteiger partial charge in [0.2, 0.25) is 5.95 Å². The van der Waals surface area contributed by atoms with E-state index in [0.29, 0.717) is 5.56 Å². The lowest BCUT2D eigenvalue weighted by atomic mass is 10.1. The van der Waals surface area contributed by atoms with Crippen molar-refractivity contribution in [3.05, 3.63) is 59.5 Å². The van der Waals surface area contributed by atoms with Gasteiger partial charge in [0.15, 0.2) is 0 Å². The Bertz CT molecular complexity index is 785. The average molecular weight is 285 g/mol. The monoisotopic (exact) mass is 284 g/mol. The number of nitrogens with zero attached hydrogens (tertiary/aromatic N) is 3. The minimum absolute atomic E-state index is 0.170. The lowest BCUT2D eigenvalue weighted by Gasteiger charge is -2.06. The molecule has 1 N–H and O–H groups in total. The summed E-state index contributed by atoms with van der Waals surface area (Å²) in [4.78, 5) is 24.4. The Morgan fingerprint density at radius 2 is 1.95 bits per heavy atom. The van der Waals surface area contributed by atoms with E-state index in [0.717, 1.165) is 10.9 Å². The molecule has 0 unspecified atom stereocenters. The Balaban J connectivity index is 1.97. The van der Waals surface area contributed by atoms with Gasteiger partial charge in [-0.1, -0.05) is 23.7 Å². The second kappa shape index (κ2) is 5.22. The number of benzene rings is 1. The molecule has 1 amide bonds. The molecule has 0 spiro atoms. The highest BCUT2D eigenvalue weighted by Gasteiger charge is 2.11. The number of carbonyl (C=O) groups is 1. The summed E-state index contributed by atoms with van der Waals surface area (Å²) < 4.78 is 0. The Hall–Kier alpha value is -2.53. The van der Waals surface area contributed by atoms with E-state index in [1.165, 1.54) is 6.20 Å². The van der Waals surface area contributed by atoms with E-state index in [1.54, 1.807) is 30.5 Å². The molecule has 0 aliphatic heterocycles. The molecule has 0 aliphatic rings. The van der Waals surface area contributed by atoms with E-state index in [2.05, 4.69) is 20.3 Å². The van der Waals surface area contributed by atoms with Gasteiger partial charge in [-0.25, -0.2) is 9.97 Å². The SMILES string of the molecule is O=C(Nc1nccc(Cl)n1)c1cccc2ncccc12. The summed E-state index contributed by atoms with van der Waals surface area (Å²) >= 11 is 5.76. The van der Waals surface area contributed by atoms with Crippen LogP contribution < -0.4 is 5.32 Å². The number of nitrogens with one attached hydrogen (secondary N) is 1. The Labute approximate surface area is 119 Å². The van der Waals surface area contributed by atoms with Gasteiger partial charge in [-0.05, 0) is 24.3 Å². The Kier molecular flexibility index (Phi) is 3.26. The van der Waals surface area contributed by atoms with E-state index < -0.39 is 0 Å². The van der Waals surface area contributed by atoms with Gasteiger partial charge in [0.05, 0.1) is 5.52 Å². The minimum Gasteiger partial charge on any atom is -0.290 e. The first-order valence-corrected chi connectivity index (χ1v) is 6.25. The van der Waals surface area contributed by atoms with Gasteiger partial charge in [-0.15, -0.1) is 0 Å². The lowest BCUT2D eigenvalue weighted by molar-refractivity contribution is 0.102. The van der Waals surface area contributed by atoms with Gasteiger partial charge in [-0.3, -0.25) is 15.1 Å². The van der Waals surface area contributed by atoms with Crippen molar-refractivity contribution >= 4 is 34.4 Å². The standard InChI is InChI=1S/C14H9ClN4O/c15-12-6-8-17-14(18-12)19-13(20)10-3-1-5-11-9(10)4-2-7-16-11/h1-8H,(H,17,18,19,20). The maximum atomic E-state index is 12.3. The third kappa shape index (κ3) is 2.44. The van der Waals surface area contributed by atoms with Crippen LogP contribution in [0.3, 0.4) is 0 Å². The zero-order valence-corrected chi connectivity index (χ0v) is 11.0. The van der Waals surface area contributed by atoms with E-state index in [1.807, 2.05) is 12.1 Å². The lowest BCUT2D eigenvalue weighted by Crippen LogP contribution is -2.14. The second-order valence-corrected chi connectivity index (χ2v) is 4.42. The van der Waals surface area contributed by atoms with Crippen molar-refractivity contribution in [2.75, 3.05) is 5.32 Å². The number of hydrogen-bond acceptors (Lipinski definition) is 4. The van der Waals surface area contributed by atoms with Crippen LogP contribution in [-0.2, 0) is 0 Å². The van der Waals surface area contributed by atoms with Crippen LogP contribution in [0.4, 0.5) is 5.95 Å². The van der Waals surface area contributed by atoms with Crippen molar-refractivity contribution in [1.82, 2.24) is 15.0 Å². The molecule has 0 bridgehead atoms. The van der Waals surface area contributed by atoms with Crippen LogP contribution in [0, 0.1) is 0 Å².